The molecule has 0 aromatic carbocycles. The van der Waals surface area contributed by atoms with Crippen molar-refractivity contribution in [3.8, 4) is 0 Å². The highest BCUT2D eigenvalue weighted by Gasteiger charge is 2.71. The number of aromatic nitrogens is 4. The lowest BCUT2D eigenvalue weighted by Gasteiger charge is -2.17. The van der Waals surface area contributed by atoms with Gasteiger partial charge in [0.05, 0.1) is 6.54 Å². The van der Waals surface area contributed by atoms with E-state index in [2.05, 4.69) is 15.4 Å². The van der Waals surface area contributed by atoms with Gasteiger partial charge in [-0.05, 0) is 37.8 Å². The molecule has 6 nitrogen and oxygen atoms in total. The van der Waals surface area contributed by atoms with E-state index in [1.807, 2.05) is 0 Å². The number of alkyl halides is 2. The van der Waals surface area contributed by atoms with Crippen molar-refractivity contribution in [3.63, 3.8) is 0 Å². The molecule has 0 amide bonds. The molecule has 0 N–H and O–H groups in total. The molecular formula is C12H18F2N4O2S. The van der Waals surface area contributed by atoms with Gasteiger partial charge in [-0.25, -0.2) is 17.2 Å². The van der Waals surface area contributed by atoms with Crippen LogP contribution in [-0.2, 0) is 21.1 Å². The van der Waals surface area contributed by atoms with Gasteiger partial charge in [-0.1, -0.05) is 0 Å². The van der Waals surface area contributed by atoms with E-state index in [9.17, 15) is 17.2 Å². The molecule has 2 aliphatic rings. The molecule has 21 heavy (non-hydrogen) atoms. The zero-order chi connectivity index (χ0) is 15.6. The standard InChI is InChI=1S/C12H18F2N4O2S/c1-11(2,21(3,19)20)10-15-17-18(16-10)6-7-4-8-9(5-7)12(8,13)14/h7-9H,4-6H2,1-3H3. The van der Waals surface area contributed by atoms with E-state index in [4.69, 9.17) is 0 Å². The van der Waals surface area contributed by atoms with Crippen molar-refractivity contribution in [2.45, 2.75) is 43.9 Å². The van der Waals surface area contributed by atoms with Crippen molar-refractivity contribution in [1.82, 2.24) is 20.2 Å². The van der Waals surface area contributed by atoms with Crippen LogP contribution < -0.4 is 0 Å². The summed E-state index contributed by atoms with van der Waals surface area (Å²) in [5, 5.41) is 11.8. The van der Waals surface area contributed by atoms with Crippen LogP contribution in [0.2, 0.25) is 0 Å². The SMILES string of the molecule is CC(C)(c1nnn(CC2CC3C(C2)C3(F)F)n1)S(C)(=O)=O. The Bertz CT molecular complexity index is 657. The largest absolute Gasteiger partial charge is 0.254 e. The van der Waals surface area contributed by atoms with E-state index < -0.39 is 32.3 Å². The van der Waals surface area contributed by atoms with Gasteiger partial charge in [-0.3, -0.25) is 0 Å². The second-order valence-electron chi connectivity index (χ2n) is 6.68. The molecule has 2 unspecified atom stereocenters. The van der Waals surface area contributed by atoms with Crippen molar-refractivity contribution in [2.75, 3.05) is 6.26 Å². The third-order valence-electron chi connectivity index (χ3n) is 4.88. The molecule has 0 aliphatic heterocycles. The zero-order valence-electron chi connectivity index (χ0n) is 12.1. The highest BCUT2D eigenvalue weighted by molar-refractivity contribution is 7.91. The molecule has 1 aromatic rings. The van der Waals surface area contributed by atoms with Crippen molar-refractivity contribution in [1.29, 1.82) is 0 Å². The molecule has 0 bridgehead atoms. The lowest BCUT2D eigenvalue weighted by atomic mass is 10.0. The van der Waals surface area contributed by atoms with E-state index in [0.717, 1.165) is 6.26 Å². The Kier molecular flexibility index (Phi) is 2.96. The van der Waals surface area contributed by atoms with Crippen LogP contribution in [0, 0.1) is 17.8 Å². The Hall–Kier alpha value is -1.12. The summed E-state index contributed by atoms with van der Waals surface area (Å²) >= 11 is 0. The smallest absolute Gasteiger partial charge is 0.228 e. The fourth-order valence-electron chi connectivity index (χ4n) is 3.03. The first-order valence-electron chi connectivity index (χ1n) is 6.89. The Morgan fingerprint density at radius 2 is 1.90 bits per heavy atom. The second kappa shape index (κ2) is 4.21. The predicted molar refractivity (Wildman–Crippen MR) is 70.3 cm³/mol. The van der Waals surface area contributed by atoms with Crippen LogP contribution >= 0.6 is 0 Å². The van der Waals surface area contributed by atoms with Gasteiger partial charge in [0.15, 0.2) is 15.7 Å². The molecule has 2 saturated carbocycles. The van der Waals surface area contributed by atoms with Crippen molar-refractivity contribution < 1.29 is 17.2 Å². The normalized spacial score (nSPS) is 31.2. The van der Waals surface area contributed by atoms with E-state index in [1.54, 1.807) is 0 Å². The lowest BCUT2D eigenvalue weighted by Crippen LogP contribution is -2.29. The third kappa shape index (κ3) is 2.25. The Morgan fingerprint density at radius 1 is 1.33 bits per heavy atom. The van der Waals surface area contributed by atoms with Gasteiger partial charge in [0.1, 0.15) is 4.75 Å². The number of nitrogens with zero attached hydrogens (tertiary/aromatic N) is 4. The molecule has 0 saturated heterocycles. The molecular weight excluding hydrogens is 302 g/mol. The third-order valence-corrected chi connectivity index (χ3v) is 6.92. The molecule has 2 aliphatic carbocycles. The summed E-state index contributed by atoms with van der Waals surface area (Å²) in [7, 11) is -3.36. The first kappa shape index (κ1) is 14.8. The van der Waals surface area contributed by atoms with Crippen LogP contribution in [0.15, 0.2) is 0 Å². The highest BCUT2D eigenvalue weighted by Crippen LogP contribution is 2.65. The van der Waals surface area contributed by atoms with Gasteiger partial charge < -0.3 is 0 Å². The Balaban J connectivity index is 1.67. The minimum absolute atomic E-state index is 0.114. The van der Waals surface area contributed by atoms with Crippen molar-refractivity contribution in [2.24, 2.45) is 17.8 Å². The van der Waals surface area contributed by atoms with Crippen LogP contribution in [-0.4, -0.2) is 40.8 Å². The van der Waals surface area contributed by atoms with Gasteiger partial charge in [-0.2, -0.15) is 4.80 Å². The number of rotatable bonds is 4. The quantitative estimate of drug-likeness (QED) is 0.834. The fraction of sp³-hybridized carbons (Fsp3) is 0.917. The summed E-state index contributed by atoms with van der Waals surface area (Å²) in [6, 6.07) is 0. The van der Waals surface area contributed by atoms with Gasteiger partial charge >= 0.3 is 0 Å². The Labute approximate surface area is 121 Å². The van der Waals surface area contributed by atoms with Crippen LogP contribution in [0.1, 0.15) is 32.5 Å². The van der Waals surface area contributed by atoms with Gasteiger partial charge in [0.25, 0.3) is 5.92 Å². The van der Waals surface area contributed by atoms with Crippen LogP contribution in [0.3, 0.4) is 0 Å². The molecule has 2 fully saturated rings. The number of fused-ring (bicyclic) bond motifs is 1. The molecule has 0 spiro atoms. The number of sulfone groups is 1. The first-order chi connectivity index (χ1) is 9.53. The molecule has 118 valence electrons. The molecule has 2 atom stereocenters. The maximum atomic E-state index is 13.1. The highest BCUT2D eigenvalue weighted by atomic mass is 32.2. The van der Waals surface area contributed by atoms with Crippen molar-refractivity contribution >= 4 is 9.84 Å². The summed E-state index contributed by atoms with van der Waals surface area (Å²) in [6.45, 7) is 3.46. The monoisotopic (exact) mass is 320 g/mol. The first-order valence-corrected chi connectivity index (χ1v) is 8.78. The summed E-state index contributed by atoms with van der Waals surface area (Å²) < 4.78 is 48.5. The number of hydrogen-bond donors (Lipinski definition) is 0. The average molecular weight is 320 g/mol. The van der Waals surface area contributed by atoms with Crippen LogP contribution in [0.5, 0.6) is 0 Å². The lowest BCUT2D eigenvalue weighted by molar-refractivity contribution is 0.0611. The topological polar surface area (TPSA) is 77.7 Å². The van der Waals surface area contributed by atoms with E-state index in [-0.39, 0.29) is 11.7 Å². The van der Waals surface area contributed by atoms with Gasteiger partial charge in [0, 0.05) is 18.1 Å². The van der Waals surface area contributed by atoms with E-state index >= 15 is 0 Å². The summed E-state index contributed by atoms with van der Waals surface area (Å²) in [5.74, 6) is -3.20. The van der Waals surface area contributed by atoms with Crippen molar-refractivity contribution in [3.05, 3.63) is 5.82 Å². The van der Waals surface area contributed by atoms with E-state index in [1.165, 1.54) is 18.6 Å². The summed E-state index contributed by atoms with van der Waals surface area (Å²) in [4.78, 5) is 1.33. The minimum atomic E-state index is -3.36. The molecule has 0 radical (unpaired) electrons. The number of halogens is 2. The Morgan fingerprint density at radius 3 is 2.43 bits per heavy atom. The van der Waals surface area contributed by atoms with Gasteiger partial charge in [-0.15, -0.1) is 10.2 Å². The zero-order valence-corrected chi connectivity index (χ0v) is 12.9. The van der Waals surface area contributed by atoms with E-state index in [0.29, 0.717) is 19.4 Å². The second-order valence-corrected chi connectivity index (χ2v) is 9.24. The molecule has 1 aromatic heterocycles. The fourth-order valence-corrected chi connectivity index (χ4v) is 3.44. The maximum absolute atomic E-state index is 13.1. The molecule has 1 heterocycles. The predicted octanol–water partition coefficient (Wildman–Crippen LogP) is 1.24. The minimum Gasteiger partial charge on any atom is -0.228 e. The number of hydrogen-bond acceptors (Lipinski definition) is 5. The van der Waals surface area contributed by atoms with Gasteiger partial charge in [0.2, 0.25) is 0 Å². The van der Waals surface area contributed by atoms with Crippen LogP contribution in [0.4, 0.5) is 8.78 Å². The van der Waals surface area contributed by atoms with Crippen LogP contribution in [0.25, 0.3) is 0 Å². The molecule has 9 heteroatoms. The number of tetrazole rings is 1. The summed E-state index contributed by atoms with van der Waals surface area (Å²) in [6.07, 6.45) is 2.08. The molecule has 3 rings (SSSR count). The maximum Gasteiger partial charge on any atom is 0.254 e. The average Bonchev–Trinajstić information content (AvgIpc) is 2.82. The summed E-state index contributed by atoms with van der Waals surface area (Å²) in [5.41, 5.74) is 0.